The lowest BCUT2D eigenvalue weighted by Gasteiger charge is -2.35. The second-order valence-corrected chi connectivity index (χ2v) is 4.41. The zero-order valence-electron chi connectivity index (χ0n) is 8.72. The first-order valence-electron chi connectivity index (χ1n) is 4.96. The molecule has 0 radical (unpaired) electrons. The summed E-state index contributed by atoms with van der Waals surface area (Å²) in [5.74, 6) is 0. The van der Waals surface area contributed by atoms with E-state index in [0.29, 0.717) is 6.54 Å². The van der Waals surface area contributed by atoms with Gasteiger partial charge in [0.25, 0.3) is 0 Å². The van der Waals surface area contributed by atoms with Gasteiger partial charge in [0.15, 0.2) is 0 Å². The van der Waals surface area contributed by atoms with Crippen molar-refractivity contribution < 1.29 is 0 Å². The Kier molecular flexibility index (Phi) is 2.11. The van der Waals surface area contributed by atoms with E-state index in [1.165, 1.54) is 5.56 Å². The molecule has 0 fully saturated rings. The summed E-state index contributed by atoms with van der Waals surface area (Å²) in [7, 11) is 0. The van der Waals surface area contributed by atoms with Crippen molar-refractivity contribution in [2.24, 2.45) is 5.73 Å². The van der Waals surface area contributed by atoms with Gasteiger partial charge in [-0.2, -0.15) is 0 Å². The second kappa shape index (κ2) is 3.17. The lowest BCUT2D eigenvalue weighted by molar-refractivity contribution is 0.587. The van der Waals surface area contributed by atoms with Gasteiger partial charge in [0.2, 0.25) is 0 Å². The SMILES string of the molecule is CC1(C)CNc2cccc(CN)c2N1. The molecule has 2 rings (SSSR count). The van der Waals surface area contributed by atoms with Crippen molar-refractivity contribution >= 4 is 11.4 Å². The van der Waals surface area contributed by atoms with Gasteiger partial charge in [-0.15, -0.1) is 0 Å². The molecule has 0 spiro atoms. The highest BCUT2D eigenvalue weighted by Gasteiger charge is 2.24. The average Bonchev–Trinajstić information content (AvgIpc) is 2.15. The van der Waals surface area contributed by atoms with Crippen molar-refractivity contribution in [3.63, 3.8) is 0 Å². The molecule has 3 heteroatoms. The average molecular weight is 191 g/mol. The maximum Gasteiger partial charge on any atom is 0.0626 e. The van der Waals surface area contributed by atoms with Gasteiger partial charge >= 0.3 is 0 Å². The van der Waals surface area contributed by atoms with E-state index < -0.39 is 0 Å². The van der Waals surface area contributed by atoms with E-state index in [-0.39, 0.29) is 5.54 Å². The predicted octanol–water partition coefficient (Wildman–Crippen LogP) is 1.76. The maximum atomic E-state index is 5.69. The van der Waals surface area contributed by atoms with E-state index >= 15 is 0 Å². The van der Waals surface area contributed by atoms with Crippen molar-refractivity contribution in [1.29, 1.82) is 0 Å². The summed E-state index contributed by atoms with van der Waals surface area (Å²) < 4.78 is 0. The Morgan fingerprint density at radius 1 is 1.43 bits per heavy atom. The van der Waals surface area contributed by atoms with Crippen LogP contribution in [0, 0.1) is 0 Å². The number of hydrogen-bond acceptors (Lipinski definition) is 3. The van der Waals surface area contributed by atoms with Crippen molar-refractivity contribution in [1.82, 2.24) is 0 Å². The van der Waals surface area contributed by atoms with Crippen LogP contribution in [0.25, 0.3) is 0 Å². The Labute approximate surface area is 84.7 Å². The number of rotatable bonds is 1. The largest absolute Gasteiger partial charge is 0.381 e. The minimum Gasteiger partial charge on any atom is -0.381 e. The van der Waals surface area contributed by atoms with E-state index in [2.05, 4.69) is 36.6 Å². The van der Waals surface area contributed by atoms with Crippen molar-refractivity contribution in [2.45, 2.75) is 25.9 Å². The van der Waals surface area contributed by atoms with Crippen molar-refractivity contribution in [3.8, 4) is 0 Å². The summed E-state index contributed by atoms with van der Waals surface area (Å²) in [6.07, 6.45) is 0. The Morgan fingerprint density at radius 3 is 2.93 bits per heavy atom. The number of nitrogens with two attached hydrogens (primary N) is 1. The summed E-state index contributed by atoms with van der Waals surface area (Å²) in [5, 5.41) is 6.92. The summed E-state index contributed by atoms with van der Waals surface area (Å²) >= 11 is 0. The Bertz CT molecular complexity index is 330. The first-order valence-corrected chi connectivity index (χ1v) is 4.96. The fourth-order valence-corrected chi connectivity index (χ4v) is 1.76. The first-order chi connectivity index (χ1) is 6.62. The van der Waals surface area contributed by atoms with Gasteiger partial charge < -0.3 is 16.4 Å². The molecule has 0 unspecified atom stereocenters. The zero-order valence-corrected chi connectivity index (χ0v) is 8.72. The standard InChI is InChI=1S/C11H17N3/c1-11(2)7-13-9-5-3-4-8(6-12)10(9)14-11/h3-5,13-14H,6-7,12H2,1-2H3. The van der Waals surface area contributed by atoms with Gasteiger partial charge in [-0.1, -0.05) is 12.1 Å². The summed E-state index contributed by atoms with van der Waals surface area (Å²) in [5.41, 5.74) is 9.28. The third-order valence-corrected chi connectivity index (χ3v) is 2.55. The van der Waals surface area contributed by atoms with E-state index in [1.807, 2.05) is 6.07 Å². The van der Waals surface area contributed by atoms with Crippen LogP contribution >= 0.6 is 0 Å². The van der Waals surface area contributed by atoms with Crippen LogP contribution in [-0.4, -0.2) is 12.1 Å². The van der Waals surface area contributed by atoms with Gasteiger partial charge in [0, 0.05) is 18.6 Å². The fraction of sp³-hybridized carbons (Fsp3) is 0.455. The monoisotopic (exact) mass is 191 g/mol. The fourth-order valence-electron chi connectivity index (χ4n) is 1.76. The highest BCUT2D eigenvalue weighted by atomic mass is 15.1. The van der Waals surface area contributed by atoms with E-state index in [9.17, 15) is 0 Å². The number of benzene rings is 1. The van der Waals surface area contributed by atoms with Gasteiger partial charge in [-0.05, 0) is 25.5 Å². The molecule has 1 aromatic rings. The van der Waals surface area contributed by atoms with E-state index in [1.54, 1.807) is 0 Å². The molecule has 1 aliphatic rings. The minimum atomic E-state index is 0.0955. The van der Waals surface area contributed by atoms with Crippen molar-refractivity contribution in [3.05, 3.63) is 23.8 Å². The molecule has 0 amide bonds. The van der Waals surface area contributed by atoms with E-state index in [0.717, 1.165) is 17.9 Å². The van der Waals surface area contributed by atoms with Gasteiger partial charge in [-0.25, -0.2) is 0 Å². The summed E-state index contributed by atoms with van der Waals surface area (Å²) in [6, 6.07) is 6.18. The van der Waals surface area contributed by atoms with Gasteiger partial charge in [0.05, 0.1) is 11.4 Å². The van der Waals surface area contributed by atoms with Crippen LogP contribution in [0.15, 0.2) is 18.2 Å². The molecule has 0 saturated carbocycles. The number of para-hydroxylation sites is 1. The molecular weight excluding hydrogens is 174 g/mol. The molecule has 14 heavy (non-hydrogen) atoms. The quantitative estimate of drug-likeness (QED) is 0.634. The third kappa shape index (κ3) is 1.55. The molecule has 76 valence electrons. The highest BCUT2D eigenvalue weighted by Crippen LogP contribution is 2.32. The lowest BCUT2D eigenvalue weighted by Crippen LogP contribution is -2.42. The number of hydrogen-bond donors (Lipinski definition) is 3. The topological polar surface area (TPSA) is 50.1 Å². The predicted molar refractivity (Wildman–Crippen MR) is 60.5 cm³/mol. The molecular formula is C11H17N3. The number of nitrogens with one attached hydrogen (secondary N) is 2. The smallest absolute Gasteiger partial charge is 0.0626 e. The van der Waals surface area contributed by atoms with Crippen LogP contribution in [0.1, 0.15) is 19.4 Å². The minimum absolute atomic E-state index is 0.0955. The molecule has 0 atom stereocenters. The Hall–Kier alpha value is -1.22. The van der Waals surface area contributed by atoms with Crippen LogP contribution in [0.4, 0.5) is 11.4 Å². The zero-order chi connectivity index (χ0) is 10.2. The Balaban J connectivity index is 2.43. The molecule has 1 heterocycles. The number of fused-ring (bicyclic) bond motifs is 1. The van der Waals surface area contributed by atoms with Crippen LogP contribution in [0.3, 0.4) is 0 Å². The third-order valence-electron chi connectivity index (χ3n) is 2.55. The second-order valence-electron chi connectivity index (χ2n) is 4.41. The van der Waals surface area contributed by atoms with Crippen LogP contribution in [0.2, 0.25) is 0 Å². The molecule has 1 aliphatic heterocycles. The van der Waals surface area contributed by atoms with Crippen LogP contribution in [0.5, 0.6) is 0 Å². The summed E-state index contributed by atoms with van der Waals surface area (Å²) in [4.78, 5) is 0. The van der Waals surface area contributed by atoms with Crippen molar-refractivity contribution in [2.75, 3.05) is 17.2 Å². The lowest BCUT2D eigenvalue weighted by atomic mass is 9.99. The van der Waals surface area contributed by atoms with E-state index in [4.69, 9.17) is 5.73 Å². The van der Waals surface area contributed by atoms with Crippen LogP contribution < -0.4 is 16.4 Å². The number of anilines is 2. The maximum absolute atomic E-state index is 5.69. The van der Waals surface area contributed by atoms with Gasteiger partial charge in [-0.3, -0.25) is 0 Å². The molecule has 1 aromatic carbocycles. The molecule has 0 bridgehead atoms. The van der Waals surface area contributed by atoms with Crippen LogP contribution in [-0.2, 0) is 6.54 Å². The first kappa shape index (κ1) is 9.34. The molecule has 0 aliphatic carbocycles. The molecule has 3 nitrogen and oxygen atoms in total. The van der Waals surface area contributed by atoms with Gasteiger partial charge in [0.1, 0.15) is 0 Å². The highest BCUT2D eigenvalue weighted by molar-refractivity contribution is 5.75. The summed E-state index contributed by atoms with van der Waals surface area (Å²) in [6.45, 7) is 5.87. The normalized spacial score (nSPS) is 17.9. The molecule has 0 saturated heterocycles. The Morgan fingerprint density at radius 2 is 2.21 bits per heavy atom. The molecule has 0 aromatic heterocycles. The molecule has 4 N–H and O–H groups in total.